The Kier molecular flexibility index (Phi) is 6.84. The largest absolute Gasteiger partial charge is 0.490 e. The van der Waals surface area contributed by atoms with Crippen LogP contribution in [0, 0.1) is 5.82 Å². The van der Waals surface area contributed by atoms with E-state index in [1.165, 1.54) is 12.1 Å². The predicted octanol–water partition coefficient (Wildman–Crippen LogP) is 6.40. The lowest BCUT2D eigenvalue weighted by Crippen LogP contribution is -2.29. The highest BCUT2D eigenvalue weighted by Gasteiger charge is 2.43. The Bertz CT molecular complexity index is 1560. The van der Waals surface area contributed by atoms with Crippen molar-refractivity contribution in [2.45, 2.75) is 19.5 Å². The standard InChI is InChI=1S/C29H23BrFNO5/c1-3-13-36-23-11-7-18(14-24(23)35-4-2)26-25-27(33)21-15-19(30)8-12-22(21)37-28(25)29(34)32(26)16-17-5-9-20(31)10-6-17/h3,5-12,14-15,26H,1,4,13,16H2,2H3. The van der Waals surface area contributed by atoms with E-state index in [0.29, 0.717) is 46.8 Å². The van der Waals surface area contributed by atoms with E-state index in [9.17, 15) is 14.0 Å². The monoisotopic (exact) mass is 563 g/mol. The Hall–Kier alpha value is -3.91. The van der Waals surface area contributed by atoms with Gasteiger partial charge in [0, 0.05) is 11.0 Å². The summed E-state index contributed by atoms with van der Waals surface area (Å²) in [6.45, 7) is 6.38. The van der Waals surface area contributed by atoms with E-state index in [1.807, 2.05) is 6.92 Å². The first-order valence-electron chi connectivity index (χ1n) is 11.7. The van der Waals surface area contributed by atoms with E-state index < -0.39 is 11.9 Å². The molecule has 0 aliphatic carbocycles. The molecule has 3 aromatic carbocycles. The second-order valence-corrected chi connectivity index (χ2v) is 9.43. The van der Waals surface area contributed by atoms with Crippen LogP contribution in [0.3, 0.4) is 0 Å². The number of hydrogen-bond donors (Lipinski definition) is 0. The van der Waals surface area contributed by atoms with Gasteiger partial charge in [-0.2, -0.15) is 0 Å². The van der Waals surface area contributed by atoms with Crippen LogP contribution >= 0.6 is 15.9 Å². The van der Waals surface area contributed by atoms with Gasteiger partial charge < -0.3 is 18.8 Å². The molecule has 0 spiro atoms. The van der Waals surface area contributed by atoms with Crippen molar-refractivity contribution >= 4 is 32.8 Å². The van der Waals surface area contributed by atoms with E-state index in [0.717, 1.165) is 4.47 Å². The highest BCUT2D eigenvalue weighted by Crippen LogP contribution is 2.42. The fourth-order valence-corrected chi connectivity index (χ4v) is 4.88. The van der Waals surface area contributed by atoms with Crippen LogP contribution < -0.4 is 14.9 Å². The molecule has 188 valence electrons. The van der Waals surface area contributed by atoms with Gasteiger partial charge >= 0.3 is 0 Å². The van der Waals surface area contributed by atoms with Crippen molar-refractivity contribution in [3.05, 3.63) is 116 Å². The molecule has 0 saturated carbocycles. The molecule has 0 N–H and O–H groups in total. The molecule has 0 bridgehead atoms. The molecule has 1 aliphatic heterocycles. The van der Waals surface area contributed by atoms with Gasteiger partial charge in [-0.15, -0.1) is 0 Å². The van der Waals surface area contributed by atoms with Crippen molar-refractivity contribution < 1.29 is 23.1 Å². The number of carbonyl (C=O) groups excluding carboxylic acids is 1. The quantitative estimate of drug-likeness (QED) is 0.232. The Morgan fingerprint density at radius 2 is 1.84 bits per heavy atom. The second kappa shape index (κ2) is 10.2. The molecule has 6 nitrogen and oxygen atoms in total. The lowest BCUT2D eigenvalue weighted by Gasteiger charge is -2.26. The molecule has 0 saturated heterocycles. The van der Waals surface area contributed by atoms with Crippen LogP contribution in [-0.4, -0.2) is 24.0 Å². The minimum atomic E-state index is -0.750. The zero-order valence-corrected chi connectivity index (χ0v) is 21.6. The van der Waals surface area contributed by atoms with Crippen molar-refractivity contribution in [1.29, 1.82) is 0 Å². The minimum absolute atomic E-state index is 0.00289. The van der Waals surface area contributed by atoms with Crippen LogP contribution in [0.15, 0.2) is 87.0 Å². The number of rotatable bonds is 8. The third-order valence-corrected chi connectivity index (χ3v) is 6.63. The Labute approximate surface area is 221 Å². The van der Waals surface area contributed by atoms with Gasteiger partial charge in [0.1, 0.15) is 18.0 Å². The first-order chi connectivity index (χ1) is 17.9. The van der Waals surface area contributed by atoms with E-state index in [4.69, 9.17) is 13.9 Å². The average molecular weight is 564 g/mol. The Balaban J connectivity index is 1.69. The predicted molar refractivity (Wildman–Crippen MR) is 142 cm³/mol. The van der Waals surface area contributed by atoms with Gasteiger partial charge in [0.25, 0.3) is 5.91 Å². The molecule has 1 aromatic heterocycles. The van der Waals surface area contributed by atoms with Crippen molar-refractivity contribution in [2.75, 3.05) is 13.2 Å². The summed E-state index contributed by atoms with van der Waals surface area (Å²) in [5.41, 5.74) is 1.65. The summed E-state index contributed by atoms with van der Waals surface area (Å²) in [5, 5.41) is 0.366. The topological polar surface area (TPSA) is 69.0 Å². The van der Waals surface area contributed by atoms with E-state index in [-0.39, 0.29) is 29.1 Å². The summed E-state index contributed by atoms with van der Waals surface area (Å²) in [5.74, 6) is 0.210. The maximum absolute atomic E-state index is 13.8. The van der Waals surface area contributed by atoms with Crippen LogP contribution in [0.4, 0.5) is 4.39 Å². The molecule has 37 heavy (non-hydrogen) atoms. The molecular formula is C29H23BrFNO5. The van der Waals surface area contributed by atoms with Crippen molar-refractivity contribution in [1.82, 2.24) is 4.90 Å². The number of halogens is 2. The number of amides is 1. The molecule has 1 amide bonds. The summed E-state index contributed by atoms with van der Waals surface area (Å²) < 4.78 is 31.8. The smallest absolute Gasteiger partial charge is 0.291 e. The summed E-state index contributed by atoms with van der Waals surface area (Å²) in [7, 11) is 0. The van der Waals surface area contributed by atoms with Crippen molar-refractivity contribution in [3.8, 4) is 11.5 Å². The van der Waals surface area contributed by atoms with Gasteiger partial charge in [-0.3, -0.25) is 9.59 Å². The third kappa shape index (κ3) is 4.64. The molecule has 0 fully saturated rings. The molecular weight excluding hydrogens is 541 g/mol. The van der Waals surface area contributed by atoms with Crippen LogP contribution in [0.2, 0.25) is 0 Å². The highest BCUT2D eigenvalue weighted by molar-refractivity contribution is 9.10. The van der Waals surface area contributed by atoms with E-state index in [1.54, 1.807) is 59.5 Å². The first kappa shape index (κ1) is 24.8. The van der Waals surface area contributed by atoms with Crippen molar-refractivity contribution in [2.24, 2.45) is 0 Å². The maximum atomic E-state index is 13.8. The number of nitrogens with zero attached hydrogens (tertiary/aromatic N) is 1. The summed E-state index contributed by atoms with van der Waals surface area (Å²) in [6.07, 6.45) is 1.63. The molecule has 5 rings (SSSR count). The van der Waals surface area contributed by atoms with Gasteiger partial charge in [-0.1, -0.05) is 46.8 Å². The lowest BCUT2D eigenvalue weighted by atomic mass is 9.97. The molecule has 8 heteroatoms. The van der Waals surface area contributed by atoms with Gasteiger partial charge in [-0.25, -0.2) is 4.39 Å². The summed E-state index contributed by atoms with van der Waals surface area (Å²) >= 11 is 3.41. The molecule has 2 heterocycles. The van der Waals surface area contributed by atoms with Crippen LogP contribution in [0.25, 0.3) is 11.0 Å². The van der Waals surface area contributed by atoms with Gasteiger partial charge in [0.05, 0.1) is 23.6 Å². The normalized spacial score (nSPS) is 14.6. The molecule has 0 radical (unpaired) electrons. The number of fused-ring (bicyclic) bond motifs is 2. The van der Waals surface area contributed by atoms with Gasteiger partial charge in [0.15, 0.2) is 16.9 Å². The average Bonchev–Trinajstić information content (AvgIpc) is 3.16. The van der Waals surface area contributed by atoms with Crippen molar-refractivity contribution in [3.63, 3.8) is 0 Å². The first-order valence-corrected chi connectivity index (χ1v) is 12.5. The molecule has 1 atom stereocenters. The molecule has 1 unspecified atom stereocenters. The fourth-order valence-electron chi connectivity index (χ4n) is 4.52. The van der Waals surface area contributed by atoms with Crippen LogP contribution in [-0.2, 0) is 6.54 Å². The third-order valence-electron chi connectivity index (χ3n) is 6.13. The fraction of sp³-hybridized carbons (Fsp3) is 0.172. The Morgan fingerprint density at radius 1 is 1.05 bits per heavy atom. The van der Waals surface area contributed by atoms with E-state index >= 15 is 0 Å². The maximum Gasteiger partial charge on any atom is 0.291 e. The Morgan fingerprint density at radius 3 is 2.57 bits per heavy atom. The number of hydrogen-bond acceptors (Lipinski definition) is 5. The minimum Gasteiger partial charge on any atom is -0.490 e. The second-order valence-electron chi connectivity index (χ2n) is 8.52. The number of ether oxygens (including phenoxy) is 2. The van der Waals surface area contributed by atoms with Crippen LogP contribution in [0.5, 0.6) is 11.5 Å². The summed E-state index contributed by atoms with van der Waals surface area (Å²) in [4.78, 5) is 29.0. The van der Waals surface area contributed by atoms with Gasteiger partial charge in [0.2, 0.25) is 5.76 Å². The molecule has 4 aromatic rings. The number of benzene rings is 3. The van der Waals surface area contributed by atoms with E-state index in [2.05, 4.69) is 22.5 Å². The number of carbonyl (C=O) groups is 1. The molecule has 1 aliphatic rings. The van der Waals surface area contributed by atoms with Crippen LogP contribution in [0.1, 0.15) is 40.2 Å². The SMILES string of the molecule is C=CCOc1ccc(C2c3c(oc4ccc(Br)cc4c3=O)C(=O)N2Cc2ccc(F)cc2)cc1OCC. The lowest BCUT2D eigenvalue weighted by molar-refractivity contribution is 0.0714. The highest BCUT2D eigenvalue weighted by atomic mass is 79.9. The zero-order valence-electron chi connectivity index (χ0n) is 20.0. The zero-order chi connectivity index (χ0) is 26.1. The summed E-state index contributed by atoms with van der Waals surface area (Å²) in [6, 6.07) is 15.6. The van der Waals surface area contributed by atoms with Gasteiger partial charge in [-0.05, 0) is 60.5 Å².